The minimum absolute atomic E-state index is 0.0104. The first-order valence-electron chi connectivity index (χ1n) is 9.53. The molecule has 0 aliphatic heterocycles. The van der Waals surface area contributed by atoms with Gasteiger partial charge >= 0.3 is 18.1 Å². The molecule has 0 spiro atoms. The van der Waals surface area contributed by atoms with E-state index in [1.54, 1.807) is 6.07 Å². The monoisotopic (exact) mass is 480 g/mol. The number of methoxy groups -OCH3 is 4. The summed E-state index contributed by atoms with van der Waals surface area (Å²) in [6.45, 7) is 0. The Bertz CT molecular complexity index is 1310. The molecule has 180 valence electrons. The number of esters is 1. The number of hydrogen-bond donors (Lipinski definition) is 1. The Kier molecular flexibility index (Phi) is 6.70. The molecule has 0 bridgehead atoms. The summed E-state index contributed by atoms with van der Waals surface area (Å²) in [6, 6.07) is 8.78. The lowest BCUT2D eigenvalue weighted by atomic mass is 9.96. The average molecular weight is 480 g/mol. The number of ether oxygens (including phenoxy) is 4. The molecule has 9 nitrogen and oxygen atoms in total. The fourth-order valence-electron chi connectivity index (χ4n) is 3.43. The van der Waals surface area contributed by atoms with Crippen molar-refractivity contribution >= 4 is 22.6 Å². The Labute approximate surface area is 190 Å². The molecule has 0 radical (unpaired) electrons. The van der Waals surface area contributed by atoms with E-state index in [2.05, 4.69) is 0 Å². The first kappa shape index (κ1) is 24.4. The van der Waals surface area contributed by atoms with E-state index in [9.17, 15) is 27.6 Å². The van der Waals surface area contributed by atoms with Crippen LogP contribution in [-0.4, -0.2) is 51.2 Å². The van der Waals surface area contributed by atoms with Gasteiger partial charge in [-0.05, 0) is 29.1 Å². The quantitative estimate of drug-likeness (QED) is 0.541. The molecule has 3 aromatic rings. The van der Waals surface area contributed by atoms with Crippen LogP contribution in [0.15, 0.2) is 41.2 Å². The van der Waals surface area contributed by atoms with Crippen LogP contribution in [0.4, 0.5) is 13.2 Å². The molecular weight excluding hydrogens is 461 g/mol. The van der Waals surface area contributed by atoms with Gasteiger partial charge in [-0.25, -0.2) is 9.47 Å². The molecule has 0 atom stereocenters. The van der Waals surface area contributed by atoms with Crippen LogP contribution >= 0.6 is 0 Å². The summed E-state index contributed by atoms with van der Waals surface area (Å²) in [5, 5.41) is 0.140. The van der Waals surface area contributed by atoms with E-state index in [1.807, 2.05) is 0 Å². The molecule has 0 fully saturated rings. The van der Waals surface area contributed by atoms with Gasteiger partial charge in [-0.1, -0.05) is 18.2 Å². The van der Waals surface area contributed by atoms with Crippen molar-refractivity contribution in [3.63, 3.8) is 0 Å². The molecule has 1 N–H and O–H groups in total. The Morgan fingerprint density at radius 1 is 0.912 bits per heavy atom. The van der Waals surface area contributed by atoms with Gasteiger partial charge in [0.15, 0.2) is 17.2 Å². The third kappa shape index (κ3) is 4.21. The number of carbonyl (C=O) groups is 2. The average Bonchev–Trinajstić information content (AvgIpc) is 2.83. The third-order valence-corrected chi connectivity index (χ3v) is 4.89. The number of pyridine rings is 1. The maximum absolute atomic E-state index is 13.1. The van der Waals surface area contributed by atoms with Gasteiger partial charge in [-0.2, -0.15) is 13.2 Å². The van der Waals surface area contributed by atoms with Gasteiger partial charge in [0.1, 0.15) is 0 Å². The van der Waals surface area contributed by atoms with Crippen molar-refractivity contribution < 1.29 is 41.7 Å². The summed E-state index contributed by atoms with van der Waals surface area (Å²) in [5.74, 6) is -3.06. The topological polar surface area (TPSA) is 105 Å². The zero-order chi connectivity index (χ0) is 25.2. The molecule has 12 heteroatoms. The zero-order valence-electron chi connectivity index (χ0n) is 18.4. The Morgan fingerprint density at radius 2 is 1.47 bits per heavy atom. The van der Waals surface area contributed by atoms with Crippen molar-refractivity contribution in [2.24, 2.45) is 0 Å². The van der Waals surface area contributed by atoms with Gasteiger partial charge in [0.25, 0.3) is 5.56 Å². The van der Waals surface area contributed by atoms with Crippen LogP contribution in [0.2, 0.25) is 0 Å². The zero-order valence-corrected chi connectivity index (χ0v) is 18.4. The summed E-state index contributed by atoms with van der Waals surface area (Å²) in [4.78, 5) is 37.6. The number of benzene rings is 2. The lowest BCUT2D eigenvalue weighted by Crippen LogP contribution is -2.43. The third-order valence-electron chi connectivity index (χ3n) is 4.89. The van der Waals surface area contributed by atoms with E-state index in [0.29, 0.717) is 0 Å². The summed E-state index contributed by atoms with van der Waals surface area (Å²) in [7, 11) is 5.06. The van der Waals surface area contributed by atoms with Gasteiger partial charge in [0, 0.05) is 10.9 Å². The molecule has 1 aromatic heterocycles. The number of halogens is 3. The number of carbonyl (C=O) groups excluding carboxylic acids is 2. The highest BCUT2D eigenvalue weighted by Crippen LogP contribution is 2.43. The highest BCUT2D eigenvalue weighted by Gasteiger charge is 2.40. The van der Waals surface area contributed by atoms with Crippen LogP contribution in [0.1, 0.15) is 10.5 Å². The first-order valence-corrected chi connectivity index (χ1v) is 9.53. The molecule has 0 saturated carbocycles. The molecule has 1 heterocycles. The summed E-state index contributed by atoms with van der Waals surface area (Å²) in [5.41, 5.74) is -0.0385. The Balaban J connectivity index is 2.52. The Morgan fingerprint density at radius 3 is 1.94 bits per heavy atom. The number of amides is 1. The number of rotatable bonds is 6. The Hall–Kier alpha value is -4.22. The van der Waals surface area contributed by atoms with Crippen molar-refractivity contribution in [3.8, 4) is 28.4 Å². The largest absolute Gasteiger partial charge is 0.493 e. The summed E-state index contributed by atoms with van der Waals surface area (Å²) < 4.78 is 60.0. The number of aromatic nitrogens is 1. The maximum atomic E-state index is 13.1. The van der Waals surface area contributed by atoms with Crippen molar-refractivity contribution in [1.29, 1.82) is 0 Å². The van der Waals surface area contributed by atoms with E-state index in [-0.39, 0.29) is 43.8 Å². The van der Waals surface area contributed by atoms with Crippen LogP contribution in [0.25, 0.3) is 21.9 Å². The molecule has 1 amide bonds. The normalized spacial score (nSPS) is 11.1. The van der Waals surface area contributed by atoms with E-state index < -0.39 is 29.3 Å². The molecule has 0 aliphatic rings. The molecule has 0 unspecified atom stereocenters. The minimum Gasteiger partial charge on any atom is -0.493 e. The van der Waals surface area contributed by atoms with Crippen LogP contribution in [0, 0.1) is 0 Å². The van der Waals surface area contributed by atoms with Gasteiger partial charge in [0.05, 0.1) is 28.4 Å². The van der Waals surface area contributed by atoms with E-state index >= 15 is 0 Å². The van der Waals surface area contributed by atoms with Crippen LogP contribution in [0.3, 0.4) is 0 Å². The highest BCUT2D eigenvalue weighted by atomic mass is 19.4. The fourth-order valence-corrected chi connectivity index (χ4v) is 3.43. The first-order chi connectivity index (χ1) is 16.1. The second kappa shape index (κ2) is 9.33. The predicted octanol–water partition coefficient (Wildman–Crippen LogP) is 3.11. The van der Waals surface area contributed by atoms with Crippen LogP contribution in [0.5, 0.6) is 17.2 Å². The fraction of sp³-hybridized carbons (Fsp3) is 0.227. The smallest absolute Gasteiger partial charge is 0.472 e. The van der Waals surface area contributed by atoms with Gasteiger partial charge in [-0.3, -0.25) is 15.0 Å². The van der Waals surface area contributed by atoms with Gasteiger partial charge in [-0.15, -0.1) is 0 Å². The molecular formula is C22H19F3N2O7. The summed E-state index contributed by atoms with van der Waals surface area (Å²) >= 11 is 0. The number of fused-ring (bicyclic) bond motifs is 1. The number of nitrogens with zero attached hydrogens (tertiary/aromatic N) is 1. The van der Waals surface area contributed by atoms with Crippen molar-refractivity contribution in [2.45, 2.75) is 6.18 Å². The van der Waals surface area contributed by atoms with Crippen molar-refractivity contribution in [3.05, 3.63) is 52.4 Å². The second-order valence-electron chi connectivity index (χ2n) is 6.75. The molecule has 0 saturated heterocycles. The SMILES string of the molecule is COC(=O)c1c(-c2cc(OC)c(OC)c(OC)c2)c2ccccc2c(=O)n1NC(=O)C(F)(F)F. The second-order valence-corrected chi connectivity index (χ2v) is 6.75. The lowest BCUT2D eigenvalue weighted by molar-refractivity contribution is -0.168. The predicted molar refractivity (Wildman–Crippen MR) is 115 cm³/mol. The highest BCUT2D eigenvalue weighted by molar-refractivity contribution is 6.07. The standard InChI is InChI=1S/C22H19F3N2O7/c1-31-14-9-11(10-15(32-2)18(14)33-3)16-12-7-5-6-8-13(12)19(28)27(17(16)20(29)34-4)26-21(30)22(23,24)25/h5-10H,1-4H3,(H,26,30). The van der Waals surface area contributed by atoms with Crippen molar-refractivity contribution in [2.75, 3.05) is 33.9 Å². The van der Waals surface area contributed by atoms with Crippen LogP contribution in [-0.2, 0) is 9.53 Å². The number of nitrogens with one attached hydrogen (secondary N) is 1. The number of hydrogen-bond acceptors (Lipinski definition) is 7. The minimum atomic E-state index is -5.33. The maximum Gasteiger partial charge on any atom is 0.472 e. The van der Waals surface area contributed by atoms with E-state index in [4.69, 9.17) is 18.9 Å². The summed E-state index contributed by atoms with van der Waals surface area (Å²) in [6.07, 6.45) is -5.33. The van der Waals surface area contributed by atoms with Gasteiger partial charge in [0.2, 0.25) is 5.75 Å². The molecule has 2 aromatic carbocycles. The van der Waals surface area contributed by atoms with E-state index in [1.165, 1.54) is 57.1 Å². The van der Waals surface area contributed by atoms with Crippen molar-refractivity contribution in [1.82, 2.24) is 4.68 Å². The van der Waals surface area contributed by atoms with Crippen LogP contribution < -0.4 is 25.2 Å². The number of alkyl halides is 3. The van der Waals surface area contributed by atoms with E-state index in [0.717, 1.165) is 7.11 Å². The molecule has 0 aliphatic carbocycles. The molecule has 3 rings (SSSR count). The lowest BCUT2D eigenvalue weighted by Gasteiger charge is -2.20. The molecule has 34 heavy (non-hydrogen) atoms. The van der Waals surface area contributed by atoms with Gasteiger partial charge < -0.3 is 18.9 Å².